The second-order valence-electron chi connectivity index (χ2n) is 3.71. The monoisotopic (exact) mass is 289 g/mol. The van der Waals surface area contributed by atoms with E-state index in [-0.39, 0.29) is 5.25 Å². The van der Waals surface area contributed by atoms with Gasteiger partial charge in [0.2, 0.25) is 0 Å². The zero-order chi connectivity index (χ0) is 12.3. The normalized spacial score (nSPS) is 27.3. The standard InChI is InChI=1S/C10H11NO3S3/c12-7-3-1-2-4-8(7)16-10-6-15-9(17-10)5-11(13)14/h5-6,8H,1-4H2. The molecule has 1 heterocycles. The van der Waals surface area contributed by atoms with Gasteiger partial charge in [-0.15, -0.1) is 11.8 Å². The molecule has 1 saturated carbocycles. The third-order valence-electron chi connectivity index (χ3n) is 2.44. The van der Waals surface area contributed by atoms with E-state index < -0.39 is 4.92 Å². The Labute approximate surface area is 112 Å². The quantitative estimate of drug-likeness (QED) is 0.584. The highest BCUT2D eigenvalue weighted by Crippen LogP contribution is 2.50. The molecule has 1 unspecified atom stereocenters. The Hall–Kier alpha value is -0.400. The van der Waals surface area contributed by atoms with Crippen molar-refractivity contribution in [1.82, 2.24) is 0 Å². The summed E-state index contributed by atoms with van der Waals surface area (Å²) in [5.41, 5.74) is 0. The van der Waals surface area contributed by atoms with Crippen LogP contribution in [0, 0.1) is 10.1 Å². The third kappa shape index (κ3) is 3.79. The third-order valence-corrected chi connectivity index (χ3v) is 6.27. The fourth-order valence-corrected chi connectivity index (χ4v) is 5.45. The molecule has 0 amide bonds. The van der Waals surface area contributed by atoms with Crippen LogP contribution in [0.25, 0.3) is 0 Å². The Balaban J connectivity index is 1.89. The van der Waals surface area contributed by atoms with Gasteiger partial charge in [-0.3, -0.25) is 14.9 Å². The lowest BCUT2D eigenvalue weighted by Gasteiger charge is -2.19. The Bertz CT molecular complexity index is 406. The zero-order valence-corrected chi connectivity index (χ0v) is 11.4. The van der Waals surface area contributed by atoms with Gasteiger partial charge in [0.1, 0.15) is 10.0 Å². The first-order chi connectivity index (χ1) is 8.15. The van der Waals surface area contributed by atoms with Crippen LogP contribution in [0.5, 0.6) is 0 Å². The lowest BCUT2D eigenvalue weighted by Crippen LogP contribution is -2.21. The van der Waals surface area contributed by atoms with Gasteiger partial charge in [-0.05, 0) is 18.2 Å². The average molecular weight is 289 g/mol. The Morgan fingerprint density at radius 1 is 1.53 bits per heavy atom. The average Bonchev–Trinajstić information content (AvgIpc) is 2.68. The second-order valence-corrected chi connectivity index (χ2v) is 7.47. The lowest BCUT2D eigenvalue weighted by molar-refractivity contribution is -0.402. The predicted octanol–water partition coefficient (Wildman–Crippen LogP) is 3.59. The minimum atomic E-state index is -0.442. The topological polar surface area (TPSA) is 60.2 Å². The van der Waals surface area contributed by atoms with E-state index in [4.69, 9.17) is 0 Å². The van der Waals surface area contributed by atoms with Crippen molar-refractivity contribution >= 4 is 41.1 Å². The number of carbonyl (C=O) groups is 1. The van der Waals surface area contributed by atoms with Crippen molar-refractivity contribution in [3.05, 3.63) is 30.2 Å². The molecule has 0 saturated heterocycles. The van der Waals surface area contributed by atoms with E-state index in [1.54, 1.807) is 11.8 Å². The minimum absolute atomic E-state index is 0.0538. The molecule has 7 heteroatoms. The second kappa shape index (κ2) is 5.97. The van der Waals surface area contributed by atoms with Crippen molar-refractivity contribution in [2.45, 2.75) is 30.9 Å². The summed E-state index contributed by atoms with van der Waals surface area (Å²) in [6.07, 6.45) is 4.73. The number of Topliss-reactive ketones (excluding diaryl/α,β-unsaturated/α-hetero) is 1. The van der Waals surface area contributed by atoms with E-state index in [1.807, 2.05) is 5.41 Å². The molecule has 0 N–H and O–H groups in total. The molecular weight excluding hydrogens is 278 g/mol. The minimum Gasteiger partial charge on any atom is -0.298 e. The van der Waals surface area contributed by atoms with Crippen LogP contribution in [0.15, 0.2) is 20.1 Å². The van der Waals surface area contributed by atoms with Crippen LogP contribution in [0.1, 0.15) is 25.7 Å². The summed E-state index contributed by atoms with van der Waals surface area (Å²) in [6.45, 7) is 0. The molecule has 0 radical (unpaired) electrons. The SMILES string of the molecule is O=C1CCCCC1SC1=CSC(=C[N+](=O)[O-])S1. The number of hydrogen-bond donors (Lipinski definition) is 0. The van der Waals surface area contributed by atoms with Crippen LogP contribution in [0.3, 0.4) is 0 Å². The summed E-state index contributed by atoms with van der Waals surface area (Å²) >= 11 is 4.30. The van der Waals surface area contributed by atoms with Gasteiger partial charge < -0.3 is 0 Å². The first-order valence-corrected chi connectivity index (χ1v) is 7.82. The summed E-state index contributed by atoms with van der Waals surface area (Å²) in [5.74, 6) is 0.319. The van der Waals surface area contributed by atoms with E-state index in [0.29, 0.717) is 16.4 Å². The molecule has 1 atom stereocenters. The molecule has 0 aromatic heterocycles. The maximum atomic E-state index is 11.7. The molecule has 4 nitrogen and oxygen atoms in total. The summed E-state index contributed by atoms with van der Waals surface area (Å²) in [7, 11) is 0. The van der Waals surface area contributed by atoms with E-state index in [0.717, 1.165) is 29.7 Å². The van der Waals surface area contributed by atoms with Crippen molar-refractivity contribution in [2.75, 3.05) is 0 Å². The highest BCUT2D eigenvalue weighted by Gasteiger charge is 2.26. The highest BCUT2D eigenvalue weighted by molar-refractivity contribution is 8.35. The Morgan fingerprint density at radius 3 is 3.06 bits per heavy atom. The predicted molar refractivity (Wildman–Crippen MR) is 73.2 cm³/mol. The van der Waals surface area contributed by atoms with Crippen molar-refractivity contribution in [1.29, 1.82) is 0 Å². The van der Waals surface area contributed by atoms with Gasteiger partial charge in [0, 0.05) is 6.42 Å². The van der Waals surface area contributed by atoms with Crippen LogP contribution in [0.2, 0.25) is 0 Å². The molecule has 0 aromatic carbocycles. The fraction of sp³-hybridized carbons (Fsp3) is 0.500. The van der Waals surface area contributed by atoms with Crippen molar-refractivity contribution < 1.29 is 9.72 Å². The molecule has 17 heavy (non-hydrogen) atoms. The molecule has 0 bridgehead atoms. The number of rotatable bonds is 3. The molecule has 0 aromatic rings. The Kier molecular flexibility index (Phi) is 4.58. The van der Waals surface area contributed by atoms with E-state index in [1.165, 1.54) is 23.5 Å². The first kappa shape index (κ1) is 13.0. The van der Waals surface area contributed by atoms with Crippen LogP contribution < -0.4 is 0 Å². The van der Waals surface area contributed by atoms with E-state index in [2.05, 4.69) is 0 Å². The van der Waals surface area contributed by atoms with Gasteiger partial charge in [-0.2, -0.15) is 0 Å². The van der Waals surface area contributed by atoms with E-state index in [9.17, 15) is 14.9 Å². The van der Waals surface area contributed by atoms with E-state index >= 15 is 0 Å². The molecule has 0 spiro atoms. The summed E-state index contributed by atoms with van der Waals surface area (Å²) in [5, 5.41) is 12.3. The summed E-state index contributed by atoms with van der Waals surface area (Å²) in [6, 6.07) is 0. The van der Waals surface area contributed by atoms with Gasteiger partial charge in [-0.1, -0.05) is 29.9 Å². The smallest absolute Gasteiger partial charge is 0.255 e. The molecule has 1 aliphatic heterocycles. The molecule has 2 rings (SSSR count). The number of hydrogen-bond acceptors (Lipinski definition) is 6. The maximum Gasteiger partial charge on any atom is 0.255 e. The molecule has 1 fully saturated rings. The van der Waals surface area contributed by atoms with Gasteiger partial charge >= 0.3 is 0 Å². The van der Waals surface area contributed by atoms with Crippen LogP contribution in [-0.4, -0.2) is 16.0 Å². The molecule has 92 valence electrons. The van der Waals surface area contributed by atoms with Gasteiger partial charge in [0.15, 0.2) is 0 Å². The number of thioether (sulfide) groups is 3. The Morgan fingerprint density at radius 2 is 2.35 bits per heavy atom. The van der Waals surface area contributed by atoms with Crippen molar-refractivity contribution in [3.63, 3.8) is 0 Å². The van der Waals surface area contributed by atoms with Crippen LogP contribution in [0.4, 0.5) is 0 Å². The highest BCUT2D eigenvalue weighted by atomic mass is 32.2. The maximum absolute atomic E-state index is 11.7. The number of ketones is 1. The van der Waals surface area contributed by atoms with Gasteiger partial charge in [-0.25, -0.2) is 0 Å². The van der Waals surface area contributed by atoms with Gasteiger partial charge in [0.25, 0.3) is 6.20 Å². The fourth-order valence-electron chi connectivity index (χ4n) is 1.66. The largest absolute Gasteiger partial charge is 0.298 e. The summed E-state index contributed by atoms with van der Waals surface area (Å²) in [4.78, 5) is 21.5. The number of carbonyl (C=O) groups excluding carboxylic acids is 1. The number of nitrogens with zero attached hydrogens (tertiary/aromatic N) is 1. The molecule has 2 aliphatic rings. The van der Waals surface area contributed by atoms with Crippen LogP contribution in [-0.2, 0) is 4.79 Å². The molecule has 1 aliphatic carbocycles. The van der Waals surface area contributed by atoms with Crippen molar-refractivity contribution in [3.8, 4) is 0 Å². The zero-order valence-electron chi connectivity index (χ0n) is 8.96. The van der Waals surface area contributed by atoms with Crippen LogP contribution >= 0.6 is 35.3 Å². The molecular formula is C10H11NO3S3. The van der Waals surface area contributed by atoms with Gasteiger partial charge in [0.05, 0.1) is 14.4 Å². The number of nitro groups is 1. The summed E-state index contributed by atoms with van der Waals surface area (Å²) < 4.78 is 1.67. The lowest BCUT2D eigenvalue weighted by atomic mass is 9.99. The first-order valence-electron chi connectivity index (χ1n) is 5.24. The van der Waals surface area contributed by atoms with Crippen molar-refractivity contribution in [2.24, 2.45) is 0 Å².